The maximum Gasteiger partial charge on any atom is 0.281 e. The van der Waals surface area contributed by atoms with E-state index in [1.54, 1.807) is 6.92 Å². The maximum absolute atomic E-state index is 12.2. The van der Waals surface area contributed by atoms with Crippen LogP contribution in [0.1, 0.15) is 26.6 Å². The lowest BCUT2D eigenvalue weighted by molar-refractivity contribution is 0.102. The first kappa shape index (κ1) is 15.6. The molecule has 0 atom stereocenters. The summed E-state index contributed by atoms with van der Waals surface area (Å²) >= 11 is 7.49. The van der Waals surface area contributed by atoms with Crippen LogP contribution in [0.3, 0.4) is 0 Å². The van der Waals surface area contributed by atoms with E-state index in [4.69, 9.17) is 11.6 Å². The molecule has 0 unspecified atom stereocenters. The van der Waals surface area contributed by atoms with Gasteiger partial charge in [-0.25, -0.2) is 4.68 Å². The third-order valence-electron chi connectivity index (χ3n) is 3.09. The van der Waals surface area contributed by atoms with Crippen LogP contribution in [-0.2, 0) is 6.54 Å². The Hall–Kier alpha value is -2.32. The number of nitrogens with zero attached hydrogens (tertiary/aromatic N) is 5. The summed E-state index contributed by atoms with van der Waals surface area (Å²) in [5, 5.41) is 19.4. The van der Waals surface area contributed by atoms with E-state index in [1.165, 1.54) is 21.6 Å². The second-order valence-electron chi connectivity index (χ2n) is 4.95. The van der Waals surface area contributed by atoms with Gasteiger partial charge in [0.05, 0.1) is 6.54 Å². The molecule has 2 aromatic heterocycles. The third kappa shape index (κ3) is 3.54. The third-order valence-corrected chi connectivity index (χ3v) is 4.22. The number of hydrogen-bond acceptors (Lipinski definition) is 6. The molecule has 2 heterocycles. The molecule has 3 aromatic rings. The monoisotopic (exact) mass is 348 g/mol. The zero-order valence-corrected chi connectivity index (χ0v) is 14.0. The van der Waals surface area contributed by atoms with Crippen LogP contribution in [0.4, 0.5) is 5.13 Å². The van der Waals surface area contributed by atoms with E-state index in [0.29, 0.717) is 11.7 Å². The molecule has 7 nitrogen and oxygen atoms in total. The van der Waals surface area contributed by atoms with Crippen molar-refractivity contribution in [2.24, 2.45) is 0 Å². The summed E-state index contributed by atoms with van der Waals surface area (Å²) in [5.41, 5.74) is 2.26. The van der Waals surface area contributed by atoms with Gasteiger partial charge in [-0.3, -0.25) is 10.1 Å². The number of aromatic nitrogens is 5. The second kappa shape index (κ2) is 6.43. The molecule has 118 valence electrons. The fraction of sp³-hybridized carbons (Fsp3) is 0.214. The number of halogens is 1. The minimum atomic E-state index is -0.457. The SMILES string of the molecule is Cc1ccc(Cn2nnc(C(=O)Nc3nnc(C)s3)c2Cl)cc1. The van der Waals surface area contributed by atoms with Crippen LogP contribution in [0.25, 0.3) is 0 Å². The number of nitrogens with one attached hydrogen (secondary N) is 1. The van der Waals surface area contributed by atoms with Crippen molar-refractivity contribution in [3.05, 3.63) is 51.2 Å². The van der Waals surface area contributed by atoms with Crippen LogP contribution in [0.15, 0.2) is 24.3 Å². The molecule has 0 radical (unpaired) electrons. The maximum atomic E-state index is 12.2. The van der Waals surface area contributed by atoms with Gasteiger partial charge in [0.25, 0.3) is 5.91 Å². The summed E-state index contributed by atoms with van der Waals surface area (Å²) in [5.74, 6) is -0.457. The molecule has 1 aromatic carbocycles. The molecule has 1 amide bonds. The van der Waals surface area contributed by atoms with Crippen molar-refractivity contribution in [1.82, 2.24) is 25.2 Å². The first-order valence-electron chi connectivity index (χ1n) is 6.79. The van der Waals surface area contributed by atoms with E-state index < -0.39 is 5.91 Å². The molecule has 9 heteroatoms. The summed E-state index contributed by atoms with van der Waals surface area (Å²) in [6, 6.07) is 7.98. The molecule has 0 fully saturated rings. The van der Waals surface area contributed by atoms with Gasteiger partial charge in [0.15, 0.2) is 10.8 Å². The number of rotatable bonds is 4. The summed E-state index contributed by atoms with van der Waals surface area (Å²) in [6.45, 7) is 4.26. The highest BCUT2D eigenvalue weighted by Crippen LogP contribution is 2.18. The van der Waals surface area contributed by atoms with Crippen molar-refractivity contribution < 1.29 is 4.79 Å². The molecule has 0 saturated carbocycles. The predicted octanol–water partition coefficient (Wildman–Crippen LogP) is 2.70. The molecule has 0 bridgehead atoms. The highest BCUT2D eigenvalue weighted by atomic mass is 35.5. The highest BCUT2D eigenvalue weighted by Gasteiger charge is 2.19. The van der Waals surface area contributed by atoms with Crippen LogP contribution in [0.5, 0.6) is 0 Å². The Morgan fingerprint density at radius 3 is 2.61 bits per heavy atom. The van der Waals surface area contributed by atoms with Crippen LogP contribution in [0.2, 0.25) is 5.15 Å². The molecule has 23 heavy (non-hydrogen) atoms. The number of aryl methyl sites for hydroxylation is 2. The van der Waals surface area contributed by atoms with Crippen molar-refractivity contribution in [2.75, 3.05) is 5.32 Å². The van der Waals surface area contributed by atoms with Gasteiger partial charge >= 0.3 is 0 Å². The first-order valence-corrected chi connectivity index (χ1v) is 7.98. The molecule has 0 spiro atoms. The average Bonchev–Trinajstić information content (AvgIpc) is 3.08. The lowest BCUT2D eigenvalue weighted by Crippen LogP contribution is -2.13. The first-order chi connectivity index (χ1) is 11.0. The fourth-order valence-electron chi connectivity index (χ4n) is 1.91. The molecule has 0 aliphatic heterocycles. The van der Waals surface area contributed by atoms with Crippen molar-refractivity contribution in [3.63, 3.8) is 0 Å². The molecule has 0 saturated heterocycles. The Morgan fingerprint density at radius 1 is 1.22 bits per heavy atom. The number of carbonyl (C=O) groups is 1. The molecule has 0 aliphatic carbocycles. The Labute approximate surface area is 141 Å². The van der Waals surface area contributed by atoms with Crippen LogP contribution in [-0.4, -0.2) is 31.1 Å². The van der Waals surface area contributed by atoms with Crippen molar-refractivity contribution in [1.29, 1.82) is 0 Å². The Morgan fingerprint density at radius 2 is 1.96 bits per heavy atom. The van der Waals surface area contributed by atoms with Gasteiger partial charge in [0.2, 0.25) is 5.13 Å². The lowest BCUT2D eigenvalue weighted by Gasteiger charge is -2.03. The van der Waals surface area contributed by atoms with E-state index in [9.17, 15) is 4.79 Å². The molecule has 3 rings (SSSR count). The van der Waals surface area contributed by atoms with Gasteiger partial charge in [-0.05, 0) is 19.4 Å². The molecular formula is C14H13ClN6OS. The number of anilines is 1. The molecule has 0 aliphatic rings. The minimum Gasteiger partial charge on any atom is -0.295 e. The number of hydrogen-bond donors (Lipinski definition) is 1. The van der Waals surface area contributed by atoms with E-state index in [2.05, 4.69) is 25.8 Å². The Balaban J connectivity index is 1.75. The predicted molar refractivity (Wildman–Crippen MR) is 87.9 cm³/mol. The zero-order valence-electron chi connectivity index (χ0n) is 12.4. The van der Waals surface area contributed by atoms with E-state index in [0.717, 1.165) is 10.6 Å². The van der Waals surface area contributed by atoms with E-state index in [-0.39, 0.29) is 10.8 Å². The van der Waals surface area contributed by atoms with Gasteiger partial charge in [0.1, 0.15) is 5.01 Å². The summed E-state index contributed by atoms with van der Waals surface area (Å²) < 4.78 is 1.48. The number of benzene rings is 1. The topological polar surface area (TPSA) is 85.6 Å². The quantitative estimate of drug-likeness (QED) is 0.783. The lowest BCUT2D eigenvalue weighted by atomic mass is 10.1. The van der Waals surface area contributed by atoms with Gasteiger partial charge in [-0.2, -0.15) is 0 Å². The van der Waals surface area contributed by atoms with Crippen molar-refractivity contribution >= 4 is 34.0 Å². The standard InChI is InChI=1S/C14H13ClN6OS/c1-8-3-5-10(6-4-8)7-21-12(15)11(18-20-21)13(22)16-14-19-17-9(2)23-14/h3-6H,7H2,1-2H3,(H,16,19,22). The second-order valence-corrected chi connectivity index (χ2v) is 6.49. The Bertz CT molecular complexity index is 841. The average molecular weight is 349 g/mol. The fourth-order valence-corrected chi connectivity index (χ4v) is 2.72. The van der Waals surface area contributed by atoms with Gasteiger partial charge in [-0.15, -0.1) is 15.3 Å². The van der Waals surface area contributed by atoms with Crippen LogP contribution >= 0.6 is 22.9 Å². The smallest absolute Gasteiger partial charge is 0.281 e. The van der Waals surface area contributed by atoms with E-state index >= 15 is 0 Å². The molecule has 1 N–H and O–H groups in total. The summed E-state index contributed by atoms with van der Waals surface area (Å²) in [7, 11) is 0. The van der Waals surface area contributed by atoms with Crippen molar-refractivity contribution in [3.8, 4) is 0 Å². The normalized spacial score (nSPS) is 10.7. The minimum absolute atomic E-state index is 0.0617. The number of carbonyl (C=O) groups excluding carboxylic acids is 1. The van der Waals surface area contributed by atoms with Crippen molar-refractivity contribution in [2.45, 2.75) is 20.4 Å². The van der Waals surface area contributed by atoms with Gasteiger partial charge in [-0.1, -0.05) is 58.0 Å². The number of amides is 1. The van der Waals surface area contributed by atoms with Crippen LogP contribution < -0.4 is 5.32 Å². The Kier molecular flexibility index (Phi) is 4.35. The summed E-state index contributed by atoms with van der Waals surface area (Å²) in [6.07, 6.45) is 0. The highest BCUT2D eigenvalue weighted by molar-refractivity contribution is 7.15. The largest absolute Gasteiger partial charge is 0.295 e. The molecular weight excluding hydrogens is 336 g/mol. The zero-order chi connectivity index (χ0) is 16.4. The van der Waals surface area contributed by atoms with Crippen LogP contribution in [0, 0.1) is 13.8 Å². The van der Waals surface area contributed by atoms with Gasteiger partial charge < -0.3 is 0 Å². The van der Waals surface area contributed by atoms with Gasteiger partial charge in [0, 0.05) is 0 Å². The summed E-state index contributed by atoms with van der Waals surface area (Å²) in [4.78, 5) is 12.2. The van der Waals surface area contributed by atoms with E-state index in [1.807, 2.05) is 31.2 Å².